The molecule has 0 spiro atoms. The predicted molar refractivity (Wildman–Crippen MR) is 99.1 cm³/mol. The second-order valence-electron chi connectivity index (χ2n) is 6.89. The van der Waals surface area contributed by atoms with Gasteiger partial charge in [0.05, 0.1) is 6.04 Å². The van der Waals surface area contributed by atoms with Gasteiger partial charge < -0.3 is 4.90 Å². The Labute approximate surface area is 153 Å². The summed E-state index contributed by atoms with van der Waals surface area (Å²) in [4.78, 5) is 14.9. The fourth-order valence-corrected chi connectivity index (χ4v) is 4.20. The zero-order valence-electron chi connectivity index (χ0n) is 14.2. The lowest BCUT2D eigenvalue weighted by Gasteiger charge is -2.28. The highest BCUT2D eigenvalue weighted by molar-refractivity contribution is 6.30. The van der Waals surface area contributed by atoms with E-state index >= 15 is 0 Å². The average molecular weight is 356 g/mol. The first-order chi connectivity index (χ1) is 12.1. The van der Waals surface area contributed by atoms with Crippen molar-refractivity contribution in [2.24, 2.45) is 0 Å². The molecule has 2 aromatic rings. The minimum absolute atomic E-state index is 0.0944. The molecule has 0 radical (unpaired) electrons. The summed E-state index contributed by atoms with van der Waals surface area (Å²) < 4.78 is 0. The Morgan fingerprint density at radius 1 is 1.16 bits per heavy atom. The maximum Gasteiger partial charge on any atom is 0.241 e. The number of hydrogen-bond acceptors (Lipinski definition) is 3. The molecule has 1 aliphatic heterocycles. The molecular formula is C20H22ClN3O. The van der Waals surface area contributed by atoms with Gasteiger partial charge in [-0.3, -0.25) is 4.79 Å². The number of benzene rings is 2. The summed E-state index contributed by atoms with van der Waals surface area (Å²) in [7, 11) is 1.92. The summed E-state index contributed by atoms with van der Waals surface area (Å²) in [5.41, 5.74) is 10.2. The number of likely N-dealkylation sites (N-methyl/N-ethyl adjacent to an activating group) is 1. The minimum Gasteiger partial charge on any atom is -0.337 e. The SMILES string of the molecule is CN(C(=O)C1CC(c2cccc(Cl)c2)NN1)C1CCc2ccccc21. The molecule has 4 rings (SSSR count). The van der Waals surface area contributed by atoms with Crippen LogP contribution in [0, 0.1) is 0 Å². The van der Waals surface area contributed by atoms with E-state index in [9.17, 15) is 4.79 Å². The Balaban J connectivity index is 1.45. The van der Waals surface area contributed by atoms with Crippen LogP contribution in [0.25, 0.3) is 0 Å². The second kappa shape index (κ2) is 6.79. The smallest absolute Gasteiger partial charge is 0.241 e. The van der Waals surface area contributed by atoms with Crippen LogP contribution in [0.1, 0.15) is 41.6 Å². The zero-order valence-corrected chi connectivity index (χ0v) is 15.0. The molecule has 2 aromatic carbocycles. The Hall–Kier alpha value is -1.88. The number of hydrazine groups is 1. The number of aryl methyl sites for hydroxylation is 1. The fourth-order valence-electron chi connectivity index (χ4n) is 4.00. The molecule has 130 valence electrons. The summed E-state index contributed by atoms with van der Waals surface area (Å²) in [6.07, 6.45) is 2.76. The molecular weight excluding hydrogens is 334 g/mol. The van der Waals surface area contributed by atoms with Crippen molar-refractivity contribution in [1.29, 1.82) is 0 Å². The van der Waals surface area contributed by atoms with Gasteiger partial charge >= 0.3 is 0 Å². The third-order valence-electron chi connectivity index (χ3n) is 5.37. The van der Waals surface area contributed by atoms with E-state index in [2.05, 4.69) is 35.1 Å². The van der Waals surface area contributed by atoms with Gasteiger partial charge in [-0.05, 0) is 48.1 Å². The zero-order chi connectivity index (χ0) is 17.4. The molecule has 1 amide bonds. The summed E-state index contributed by atoms with van der Waals surface area (Å²) >= 11 is 6.08. The lowest BCUT2D eigenvalue weighted by Crippen LogP contribution is -2.45. The van der Waals surface area contributed by atoms with E-state index in [1.165, 1.54) is 11.1 Å². The van der Waals surface area contributed by atoms with Gasteiger partial charge in [0.15, 0.2) is 0 Å². The average Bonchev–Trinajstić information content (AvgIpc) is 3.28. The lowest BCUT2D eigenvalue weighted by molar-refractivity contribution is -0.134. The molecule has 3 atom stereocenters. The standard InChI is InChI=1S/C20H22ClN3O/c1-24(19-10-9-13-5-2-3-8-16(13)19)20(25)18-12-17(22-23-18)14-6-4-7-15(21)11-14/h2-8,11,17-19,22-23H,9-10,12H2,1H3. The molecule has 0 saturated carbocycles. The van der Waals surface area contributed by atoms with Crippen LogP contribution in [-0.4, -0.2) is 23.9 Å². The van der Waals surface area contributed by atoms with Gasteiger partial charge in [0.1, 0.15) is 6.04 Å². The number of fused-ring (bicyclic) bond motifs is 1. The highest BCUT2D eigenvalue weighted by Gasteiger charge is 2.36. The summed E-state index contributed by atoms with van der Waals surface area (Å²) in [6, 6.07) is 16.3. The maximum atomic E-state index is 13.0. The van der Waals surface area contributed by atoms with Crippen LogP contribution in [0.5, 0.6) is 0 Å². The molecule has 2 aliphatic rings. The van der Waals surface area contributed by atoms with E-state index in [0.717, 1.165) is 24.8 Å². The van der Waals surface area contributed by atoms with E-state index in [1.807, 2.05) is 36.2 Å². The van der Waals surface area contributed by atoms with Crippen molar-refractivity contribution in [3.8, 4) is 0 Å². The molecule has 5 heteroatoms. The summed E-state index contributed by atoms with van der Waals surface area (Å²) in [5.74, 6) is 0.138. The van der Waals surface area contributed by atoms with E-state index in [1.54, 1.807) is 0 Å². The summed E-state index contributed by atoms with van der Waals surface area (Å²) in [6.45, 7) is 0. The lowest BCUT2D eigenvalue weighted by atomic mass is 10.0. The number of carbonyl (C=O) groups excluding carboxylic acids is 1. The molecule has 2 N–H and O–H groups in total. The molecule has 1 heterocycles. The number of nitrogens with one attached hydrogen (secondary N) is 2. The van der Waals surface area contributed by atoms with Crippen molar-refractivity contribution >= 4 is 17.5 Å². The van der Waals surface area contributed by atoms with Gasteiger partial charge in [0, 0.05) is 18.1 Å². The van der Waals surface area contributed by atoms with E-state index < -0.39 is 0 Å². The van der Waals surface area contributed by atoms with Gasteiger partial charge in [-0.25, -0.2) is 10.9 Å². The number of halogens is 1. The number of hydrogen-bond donors (Lipinski definition) is 2. The van der Waals surface area contributed by atoms with E-state index in [-0.39, 0.29) is 24.0 Å². The minimum atomic E-state index is -0.221. The normalized spacial score (nSPS) is 25.0. The maximum absolute atomic E-state index is 13.0. The Bertz CT molecular complexity index is 794. The van der Waals surface area contributed by atoms with Gasteiger partial charge in [-0.15, -0.1) is 0 Å². The van der Waals surface area contributed by atoms with Crippen LogP contribution in [0.4, 0.5) is 0 Å². The predicted octanol–water partition coefficient (Wildman–Crippen LogP) is 3.39. The summed E-state index contributed by atoms with van der Waals surface area (Å²) in [5, 5.41) is 0.716. The van der Waals surface area contributed by atoms with Crippen LogP contribution in [0.2, 0.25) is 5.02 Å². The first kappa shape index (κ1) is 16.6. The van der Waals surface area contributed by atoms with Gasteiger partial charge in [-0.1, -0.05) is 48.0 Å². The number of amides is 1. The third-order valence-corrected chi connectivity index (χ3v) is 5.60. The van der Waals surface area contributed by atoms with Crippen molar-refractivity contribution in [3.05, 3.63) is 70.2 Å². The highest BCUT2D eigenvalue weighted by atomic mass is 35.5. The second-order valence-corrected chi connectivity index (χ2v) is 7.32. The molecule has 1 aliphatic carbocycles. The van der Waals surface area contributed by atoms with Gasteiger partial charge in [-0.2, -0.15) is 0 Å². The Morgan fingerprint density at radius 2 is 2.00 bits per heavy atom. The first-order valence-corrected chi connectivity index (χ1v) is 9.12. The van der Waals surface area contributed by atoms with Crippen molar-refractivity contribution in [2.45, 2.75) is 37.4 Å². The van der Waals surface area contributed by atoms with Crippen LogP contribution < -0.4 is 10.9 Å². The quantitative estimate of drug-likeness (QED) is 0.887. The first-order valence-electron chi connectivity index (χ1n) is 8.74. The Morgan fingerprint density at radius 3 is 2.84 bits per heavy atom. The monoisotopic (exact) mass is 355 g/mol. The molecule has 0 aromatic heterocycles. The van der Waals surface area contributed by atoms with Crippen molar-refractivity contribution in [1.82, 2.24) is 15.8 Å². The molecule has 25 heavy (non-hydrogen) atoms. The Kier molecular flexibility index (Phi) is 4.50. The van der Waals surface area contributed by atoms with E-state index in [4.69, 9.17) is 11.6 Å². The van der Waals surface area contributed by atoms with Crippen LogP contribution >= 0.6 is 11.6 Å². The van der Waals surface area contributed by atoms with Crippen LogP contribution in [-0.2, 0) is 11.2 Å². The van der Waals surface area contributed by atoms with Gasteiger partial charge in [0.25, 0.3) is 0 Å². The van der Waals surface area contributed by atoms with Crippen molar-refractivity contribution < 1.29 is 4.79 Å². The number of rotatable bonds is 3. The molecule has 1 fully saturated rings. The van der Waals surface area contributed by atoms with Crippen molar-refractivity contribution in [3.63, 3.8) is 0 Å². The largest absolute Gasteiger partial charge is 0.337 e. The van der Waals surface area contributed by atoms with Crippen LogP contribution in [0.15, 0.2) is 48.5 Å². The fraction of sp³-hybridized carbons (Fsp3) is 0.350. The topological polar surface area (TPSA) is 44.4 Å². The molecule has 1 saturated heterocycles. The molecule has 4 nitrogen and oxygen atoms in total. The molecule has 3 unspecified atom stereocenters. The molecule has 0 bridgehead atoms. The third kappa shape index (κ3) is 3.17. The van der Waals surface area contributed by atoms with Gasteiger partial charge in [0.2, 0.25) is 5.91 Å². The highest BCUT2D eigenvalue weighted by Crippen LogP contribution is 2.35. The van der Waals surface area contributed by atoms with E-state index in [0.29, 0.717) is 5.02 Å². The number of carbonyl (C=O) groups is 1. The van der Waals surface area contributed by atoms with Crippen LogP contribution in [0.3, 0.4) is 0 Å². The van der Waals surface area contributed by atoms with Crippen molar-refractivity contribution in [2.75, 3.05) is 7.05 Å². The number of nitrogens with zero attached hydrogens (tertiary/aromatic N) is 1.